The normalized spacial score (nSPS) is 23.8. The molecule has 0 aromatic carbocycles. The van der Waals surface area contributed by atoms with Gasteiger partial charge in [-0.1, -0.05) is 0 Å². The molecule has 2 heterocycles. The van der Waals surface area contributed by atoms with Gasteiger partial charge in [-0.15, -0.1) is 11.3 Å². The summed E-state index contributed by atoms with van der Waals surface area (Å²) in [6.07, 6.45) is 0. The summed E-state index contributed by atoms with van der Waals surface area (Å²) < 4.78 is 0. The molecule has 1 aliphatic heterocycles. The molecule has 16 heavy (non-hydrogen) atoms. The Balaban J connectivity index is 1.93. The van der Waals surface area contributed by atoms with E-state index in [9.17, 15) is 0 Å². The summed E-state index contributed by atoms with van der Waals surface area (Å²) in [5.74, 6) is 0. The molecule has 0 amide bonds. The fourth-order valence-electron chi connectivity index (χ4n) is 2.23. The molecule has 0 aliphatic carbocycles. The van der Waals surface area contributed by atoms with E-state index in [0.29, 0.717) is 12.6 Å². The summed E-state index contributed by atoms with van der Waals surface area (Å²) in [6.45, 7) is 7.60. The molecular formula is C12H21N3S. The highest BCUT2D eigenvalue weighted by Gasteiger charge is 2.21. The summed E-state index contributed by atoms with van der Waals surface area (Å²) in [5.41, 5.74) is 5.63. The van der Waals surface area contributed by atoms with E-state index >= 15 is 0 Å². The van der Waals surface area contributed by atoms with Crippen LogP contribution in [0, 0.1) is 0 Å². The van der Waals surface area contributed by atoms with Crippen molar-refractivity contribution in [1.29, 1.82) is 0 Å². The predicted molar refractivity (Wildman–Crippen MR) is 69.6 cm³/mol. The summed E-state index contributed by atoms with van der Waals surface area (Å²) in [5, 5.41) is 0. The van der Waals surface area contributed by atoms with E-state index in [1.165, 1.54) is 29.4 Å². The quantitative estimate of drug-likeness (QED) is 0.864. The molecule has 1 aliphatic rings. The van der Waals surface area contributed by atoms with E-state index in [2.05, 4.69) is 35.9 Å². The Morgan fingerprint density at radius 3 is 2.75 bits per heavy atom. The van der Waals surface area contributed by atoms with Gasteiger partial charge in [0.1, 0.15) is 0 Å². The average Bonchev–Trinajstić information content (AvgIpc) is 2.70. The van der Waals surface area contributed by atoms with Crippen molar-refractivity contribution < 1.29 is 0 Å². The third-order valence-electron chi connectivity index (χ3n) is 3.25. The number of hydrogen-bond acceptors (Lipinski definition) is 4. The van der Waals surface area contributed by atoms with Crippen molar-refractivity contribution in [2.24, 2.45) is 5.73 Å². The van der Waals surface area contributed by atoms with Crippen LogP contribution >= 0.6 is 11.3 Å². The minimum absolute atomic E-state index is 0.655. The Labute approximate surface area is 102 Å². The molecule has 1 aromatic heterocycles. The summed E-state index contributed by atoms with van der Waals surface area (Å²) in [7, 11) is 2.20. The maximum atomic E-state index is 5.63. The largest absolute Gasteiger partial charge is 0.326 e. The van der Waals surface area contributed by atoms with Gasteiger partial charge >= 0.3 is 0 Å². The van der Waals surface area contributed by atoms with Crippen molar-refractivity contribution in [2.75, 3.05) is 26.7 Å². The highest BCUT2D eigenvalue weighted by Crippen LogP contribution is 2.20. The lowest BCUT2D eigenvalue weighted by molar-refractivity contribution is 0.0947. The van der Waals surface area contributed by atoms with Gasteiger partial charge in [0.25, 0.3) is 0 Å². The molecule has 1 saturated heterocycles. The zero-order valence-electron chi connectivity index (χ0n) is 10.1. The fraction of sp³-hybridized carbons (Fsp3) is 0.667. The highest BCUT2D eigenvalue weighted by atomic mass is 32.1. The van der Waals surface area contributed by atoms with Gasteiger partial charge in [-0.3, -0.25) is 4.90 Å². The van der Waals surface area contributed by atoms with Crippen LogP contribution in [0.25, 0.3) is 0 Å². The Bertz CT molecular complexity index is 337. The Kier molecular flexibility index (Phi) is 3.97. The van der Waals surface area contributed by atoms with Gasteiger partial charge in [-0.25, -0.2) is 0 Å². The number of thiophene rings is 1. The van der Waals surface area contributed by atoms with Crippen LogP contribution in [0.15, 0.2) is 12.1 Å². The molecule has 0 saturated carbocycles. The monoisotopic (exact) mass is 239 g/mol. The van der Waals surface area contributed by atoms with Crippen LogP contribution in [0.5, 0.6) is 0 Å². The van der Waals surface area contributed by atoms with E-state index < -0.39 is 0 Å². The molecule has 1 unspecified atom stereocenters. The molecule has 1 atom stereocenters. The molecule has 2 rings (SSSR count). The van der Waals surface area contributed by atoms with Crippen LogP contribution in [-0.4, -0.2) is 42.5 Å². The molecule has 2 N–H and O–H groups in total. The zero-order valence-corrected chi connectivity index (χ0v) is 11.0. The second kappa shape index (κ2) is 5.27. The third-order valence-corrected chi connectivity index (χ3v) is 4.34. The van der Waals surface area contributed by atoms with Gasteiger partial charge < -0.3 is 10.6 Å². The van der Waals surface area contributed by atoms with Gasteiger partial charge in [-0.2, -0.15) is 0 Å². The van der Waals surface area contributed by atoms with E-state index in [1.54, 1.807) is 0 Å². The van der Waals surface area contributed by atoms with E-state index in [-0.39, 0.29) is 0 Å². The highest BCUT2D eigenvalue weighted by molar-refractivity contribution is 7.11. The van der Waals surface area contributed by atoms with Gasteiger partial charge in [0.15, 0.2) is 0 Å². The van der Waals surface area contributed by atoms with Crippen molar-refractivity contribution >= 4 is 11.3 Å². The molecule has 4 heteroatoms. The Morgan fingerprint density at radius 1 is 1.38 bits per heavy atom. The van der Waals surface area contributed by atoms with Gasteiger partial charge in [0.2, 0.25) is 0 Å². The predicted octanol–water partition coefficient (Wildman–Crippen LogP) is 1.34. The Morgan fingerprint density at radius 2 is 2.12 bits per heavy atom. The molecule has 90 valence electrons. The van der Waals surface area contributed by atoms with Gasteiger partial charge in [0.05, 0.1) is 0 Å². The van der Waals surface area contributed by atoms with Crippen LogP contribution in [0.4, 0.5) is 0 Å². The standard InChI is InChI=1S/C12H21N3S/c1-10-8-14(2)5-6-15(10)9-12-4-3-11(7-13)16-12/h3-4,10H,5-9,13H2,1-2H3. The molecule has 3 nitrogen and oxygen atoms in total. The topological polar surface area (TPSA) is 32.5 Å². The number of hydrogen-bond donors (Lipinski definition) is 1. The van der Waals surface area contributed by atoms with Crippen molar-refractivity contribution in [3.8, 4) is 0 Å². The second-order valence-electron chi connectivity index (χ2n) is 4.65. The fourth-order valence-corrected chi connectivity index (χ4v) is 3.15. The van der Waals surface area contributed by atoms with Gasteiger partial charge in [-0.05, 0) is 26.1 Å². The number of nitrogens with two attached hydrogens (primary N) is 1. The molecule has 0 bridgehead atoms. The number of piperazine rings is 1. The molecule has 1 fully saturated rings. The smallest absolute Gasteiger partial charge is 0.0331 e. The first-order valence-electron chi connectivity index (χ1n) is 5.89. The van der Waals surface area contributed by atoms with Crippen molar-refractivity contribution in [1.82, 2.24) is 9.80 Å². The summed E-state index contributed by atoms with van der Waals surface area (Å²) in [4.78, 5) is 7.70. The van der Waals surface area contributed by atoms with Gasteiger partial charge in [0, 0.05) is 48.5 Å². The van der Waals surface area contributed by atoms with Crippen LogP contribution in [0.2, 0.25) is 0 Å². The van der Waals surface area contributed by atoms with E-state index in [4.69, 9.17) is 5.73 Å². The molecular weight excluding hydrogens is 218 g/mol. The number of rotatable bonds is 3. The Hall–Kier alpha value is -0.420. The van der Waals surface area contributed by atoms with Crippen LogP contribution in [-0.2, 0) is 13.1 Å². The maximum Gasteiger partial charge on any atom is 0.0331 e. The van der Waals surface area contributed by atoms with Crippen molar-refractivity contribution in [2.45, 2.75) is 26.1 Å². The minimum Gasteiger partial charge on any atom is -0.326 e. The lowest BCUT2D eigenvalue weighted by atomic mass is 10.2. The third kappa shape index (κ3) is 2.83. The lowest BCUT2D eigenvalue weighted by Crippen LogP contribution is -2.49. The molecule has 0 spiro atoms. The zero-order chi connectivity index (χ0) is 11.5. The summed E-state index contributed by atoms with van der Waals surface area (Å²) in [6, 6.07) is 5.03. The van der Waals surface area contributed by atoms with E-state index in [0.717, 1.165) is 6.54 Å². The number of nitrogens with zero attached hydrogens (tertiary/aromatic N) is 2. The van der Waals surface area contributed by atoms with Crippen molar-refractivity contribution in [3.05, 3.63) is 21.9 Å². The first kappa shape index (κ1) is 12.0. The van der Waals surface area contributed by atoms with E-state index in [1.807, 2.05) is 11.3 Å². The summed E-state index contributed by atoms with van der Waals surface area (Å²) >= 11 is 1.85. The minimum atomic E-state index is 0.655. The first-order chi connectivity index (χ1) is 7.69. The van der Waals surface area contributed by atoms with Crippen LogP contribution in [0.3, 0.4) is 0 Å². The molecule has 1 aromatic rings. The first-order valence-corrected chi connectivity index (χ1v) is 6.71. The number of likely N-dealkylation sites (N-methyl/N-ethyl adjacent to an activating group) is 1. The lowest BCUT2D eigenvalue weighted by Gasteiger charge is -2.37. The van der Waals surface area contributed by atoms with Crippen molar-refractivity contribution in [3.63, 3.8) is 0 Å². The average molecular weight is 239 g/mol. The van der Waals surface area contributed by atoms with Crippen LogP contribution < -0.4 is 5.73 Å². The SMILES string of the molecule is CC1CN(C)CCN1Cc1ccc(CN)s1. The second-order valence-corrected chi connectivity index (χ2v) is 5.91. The molecule has 0 radical (unpaired) electrons. The maximum absolute atomic E-state index is 5.63. The van der Waals surface area contributed by atoms with Crippen LogP contribution in [0.1, 0.15) is 16.7 Å².